The van der Waals surface area contributed by atoms with E-state index >= 15 is 0 Å². The van der Waals surface area contributed by atoms with Gasteiger partial charge in [0, 0.05) is 40.6 Å². The molecule has 2 spiro atoms. The van der Waals surface area contributed by atoms with Gasteiger partial charge in [-0.1, -0.05) is 48.5 Å². The normalized spacial score (nSPS) is 32.4. The standard InChI is InChI=1S/C28H32Cl2N4O3/c29-17-4-9-21-22(13-17)33-26(37)28(21)23(16-12-18(30)15-31-14-16)24(34-27(28)10-2-1-3-11-27)25(36)32-19-5-7-20(35)8-6-19/h4,9,12-15,19-20,23-24,34-35H,1-3,5-8,10-11H2,(H,32,36)(H,33,37)/t19?,20?,23-,24+,28?/m0/s1. The fourth-order valence-electron chi connectivity index (χ4n) is 7.60. The third-order valence-electron chi connectivity index (χ3n) is 9.12. The highest BCUT2D eigenvalue weighted by Gasteiger charge is 2.72. The van der Waals surface area contributed by atoms with E-state index in [2.05, 4.69) is 20.9 Å². The third kappa shape index (κ3) is 3.97. The van der Waals surface area contributed by atoms with E-state index in [1.54, 1.807) is 18.5 Å². The van der Waals surface area contributed by atoms with Crippen LogP contribution in [0.3, 0.4) is 0 Å². The molecule has 2 aliphatic heterocycles. The van der Waals surface area contributed by atoms with Crippen molar-refractivity contribution in [2.24, 2.45) is 0 Å². The molecule has 0 bridgehead atoms. The third-order valence-corrected chi connectivity index (χ3v) is 9.56. The summed E-state index contributed by atoms with van der Waals surface area (Å²) in [6, 6.07) is 6.75. The number of rotatable bonds is 3. The van der Waals surface area contributed by atoms with E-state index in [1.165, 1.54) is 0 Å². The molecule has 3 fully saturated rings. The minimum Gasteiger partial charge on any atom is -0.393 e. The van der Waals surface area contributed by atoms with Crippen LogP contribution in [-0.4, -0.2) is 45.6 Å². The molecule has 2 aliphatic carbocycles. The van der Waals surface area contributed by atoms with Gasteiger partial charge in [-0.05, 0) is 67.9 Å². The quantitative estimate of drug-likeness (QED) is 0.458. The van der Waals surface area contributed by atoms with Crippen molar-refractivity contribution in [2.45, 2.75) is 92.8 Å². The first-order valence-corrected chi connectivity index (χ1v) is 14.1. The molecule has 1 unspecified atom stereocenters. The summed E-state index contributed by atoms with van der Waals surface area (Å²) >= 11 is 12.8. The van der Waals surface area contributed by atoms with Crippen LogP contribution < -0.4 is 16.0 Å². The lowest BCUT2D eigenvalue weighted by molar-refractivity contribution is -0.124. The molecule has 4 aliphatic rings. The average molecular weight is 543 g/mol. The molecule has 196 valence electrons. The van der Waals surface area contributed by atoms with E-state index in [9.17, 15) is 14.7 Å². The number of aliphatic hydroxyl groups excluding tert-OH is 1. The number of carbonyl (C=O) groups is 2. The number of nitrogens with zero attached hydrogens (tertiary/aromatic N) is 1. The zero-order chi connectivity index (χ0) is 25.8. The minimum absolute atomic E-state index is 0.00168. The molecule has 9 heteroatoms. The van der Waals surface area contributed by atoms with E-state index in [0.29, 0.717) is 28.6 Å². The topological polar surface area (TPSA) is 103 Å². The van der Waals surface area contributed by atoms with Crippen molar-refractivity contribution in [3.05, 3.63) is 57.8 Å². The first-order chi connectivity index (χ1) is 17.8. The zero-order valence-corrected chi connectivity index (χ0v) is 22.1. The van der Waals surface area contributed by atoms with Crippen molar-refractivity contribution in [3.8, 4) is 0 Å². The number of hydrogen-bond donors (Lipinski definition) is 4. The molecule has 2 amide bonds. The first-order valence-electron chi connectivity index (χ1n) is 13.3. The van der Waals surface area contributed by atoms with Crippen molar-refractivity contribution in [2.75, 3.05) is 5.32 Å². The number of amides is 2. The number of nitrogens with one attached hydrogen (secondary N) is 3. The molecule has 3 heterocycles. The maximum Gasteiger partial charge on any atom is 0.238 e. The number of anilines is 1. The van der Waals surface area contributed by atoms with Crippen LogP contribution in [0.25, 0.3) is 0 Å². The Bertz CT molecular complexity index is 1230. The van der Waals surface area contributed by atoms with Gasteiger partial charge in [-0.2, -0.15) is 0 Å². The van der Waals surface area contributed by atoms with E-state index < -0.39 is 22.9 Å². The second-order valence-electron chi connectivity index (χ2n) is 11.1. The Morgan fingerprint density at radius 3 is 2.51 bits per heavy atom. The molecule has 6 rings (SSSR count). The summed E-state index contributed by atoms with van der Waals surface area (Å²) in [5.41, 5.74) is 0.708. The molecule has 2 saturated carbocycles. The summed E-state index contributed by atoms with van der Waals surface area (Å²) in [4.78, 5) is 32.7. The highest BCUT2D eigenvalue weighted by molar-refractivity contribution is 6.31. The van der Waals surface area contributed by atoms with Gasteiger partial charge in [0.1, 0.15) is 5.41 Å². The minimum atomic E-state index is -1.02. The summed E-state index contributed by atoms with van der Waals surface area (Å²) in [6.07, 6.45) is 10.4. The molecule has 7 nitrogen and oxygen atoms in total. The van der Waals surface area contributed by atoms with Gasteiger partial charge >= 0.3 is 0 Å². The number of aliphatic hydroxyl groups is 1. The Hall–Kier alpha value is -2.19. The SMILES string of the molecule is O=C(NC1CCC(O)CC1)[C@@H]1NC2(CCCCC2)C2(C(=O)Nc3cc(Cl)ccc32)[C@H]1c1cncc(Cl)c1. The Kier molecular flexibility index (Phi) is 6.46. The molecule has 3 atom stereocenters. The van der Waals surface area contributed by atoms with Gasteiger partial charge < -0.3 is 15.7 Å². The fraction of sp³-hybridized carbons (Fsp3) is 0.536. The van der Waals surface area contributed by atoms with Crippen LogP contribution in [0.4, 0.5) is 5.69 Å². The lowest BCUT2D eigenvalue weighted by Gasteiger charge is -2.47. The molecule has 2 aromatic rings. The van der Waals surface area contributed by atoms with Crippen LogP contribution in [0.5, 0.6) is 0 Å². The number of carbonyl (C=O) groups excluding carboxylic acids is 2. The fourth-order valence-corrected chi connectivity index (χ4v) is 7.95. The summed E-state index contributed by atoms with van der Waals surface area (Å²) in [5.74, 6) is -0.753. The summed E-state index contributed by atoms with van der Waals surface area (Å²) in [5, 5.41) is 21.1. The maximum absolute atomic E-state index is 14.3. The van der Waals surface area contributed by atoms with Crippen LogP contribution in [0.2, 0.25) is 10.0 Å². The number of halogens is 2. The Morgan fingerprint density at radius 2 is 1.78 bits per heavy atom. The molecular formula is C28H32Cl2N4O3. The molecule has 37 heavy (non-hydrogen) atoms. The highest BCUT2D eigenvalue weighted by atomic mass is 35.5. The maximum atomic E-state index is 14.3. The first kappa shape index (κ1) is 25.1. The van der Waals surface area contributed by atoms with Gasteiger partial charge in [0.2, 0.25) is 11.8 Å². The smallest absolute Gasteiger partial charge is 0.238 e. The van der Waals surface area contributed by atoms with Gasteiger partial charge in [-0.3, -0.25) is 19.9 Å². The van der Waals surface area contributed by atoms with E-state index in [-0.39, 0.29) is 24.0 Å². The van der Waals surface area contributed by atoms with E-state index in [0.717, 1.165) is 56.1 Å². The second kappa shape index (κ2) is 9.53. The van der Waals surface area contributed by atoms with Gasteiger partial charge in [-0.25, -0.2) is 0 Å². The van der Waals surface area contributed by atoms with Crippen molar-refractivity contribution < 1.29 is 14.7 Å². The van der Waals surface area contributed by atoms with Gasteiger partial charge in [-0.15, -0.1) is 0 Å². The molecule has 1 aromatic heterocycles. The molecule has 1 saturated heterocycles. The van der Waals surface area contributed by atoms with Crippen molar-refractivity contribution in [1.29, 1.82) is 0 Å². The van der Waals surface area contributed by atoms with Gasteiger partial charge in [0.05, 0.1) is 17.2 Å². The summed E-state index contributed by atoms with van der Waals surface area (Å²) < 4.78 is 0. The largest absolute Gasteiger partial charge is 0.393 e. The van der Waals surface area contributed by atoms with Crippen LogP contribution >= 0.6 is 23.2 Å². The van der Waals surface area contributed by atoms with Crippen LogP contribution in [0.1, 0.15) is 74.8 Å². The number of hydrogen-bond acceptors (Lipinski definition) is 5. The number of benzene rings is 1. The van der Waals surface area contributed by atoms with E-state index in [4.69, 9.17) is 23.2 Å². The number of aromatic nitrogens is 1. The highest BCUT2D eigenvalue weighted by Crippen LogP contribution is 2.62. The lowest BCUT2D eigenvalue weighted by atomic mass is 9.55. The number of pyridine rings is 1. The number of fused-ring (bicyclic) bond motifs is 3. The lowest BCUT2D eigenvalue weighted by Crippen LogP contribution is -2.60. The van der Waals surface area contributed by atoms with Crippen LogP contribution in [0.15, 0.2) is 36.7 Å². The van der Waals surface area contributed by atoms with Gasteiger partial charge in [0.15, 0.2) is 0 Å². The van der Waals surface area contributed by atoms with Crippen LogP contribution in [0, 0.1) is 0 Å². The molecular weight excluding hydrogens is 511 g/mol. The van der Waals surface area contributed by atoms with E-state index in [1.807, 2.05) is 18.2 Å². The molecule has 4 N–H and O–H groups in total. The average Bonchev–Trinajstić information content (AvgIpc) is 3.33. The summed E-state index contributed by atoms with van der Waals surface area (Å²) in [7, 11) is 0. The summed E-state index contributed by atoms with van der Waals surface area (Å²) in [6.45, 7) is 0. The van der Waals surface area contributed by atoms with Crippen LogP contribution in [-0.2, 0) is 15.0 Å². The van der Waals surface area contributed by atoms with Crippen molar-refractivity contribution in [1.82, 2.24) is 15.6 Å². The van der Waals surface area contributed by atoms with Crippen molar-refractivity contribution >= 4 is 40.7 Å². The molecule has 1 aromatic carbocycles. The van der Waals surface area contributed by atoms with Gasteiger partial charge in [0.25, 0.3) is 0 Å². The molecule has 0 radical (unpaired) electrons. The van der Waals surface area contributed by atoms with Crippen molar-refractivity contribution in [3.63, 3.8) is 0 Å². The predicted molar refractivity (Wildman–Crippen MR) is 143 cm³/mol. The Balaban J connectivity index is 1.51. The zero-order valence-electron chi connectivity index (χ0n) is 20.6. The Labute approximate surface area is 226 Å². The Morgan fingerprint density at radius 1 is 1.03 bits per heavy atom. The predicted octanol–water partition coefficient (Wildman–Crippen LogP) is 4.46. The monoisotopic (exact) mass is 542 g/mol. The second-order valence-corrected chi connectivity index (χ2v) is 12.0.